The van der Waals surface area contributed by atoms with Crippen LogP contribution in [0.4, 0.5) is 14.6 Å². The number of nitrogen functional groups attached to an aromatic ring is 1. The maximum absolute atomic E-state index is 14.9. The number of likely N-dealkylation sites (tertiary alicyclic amines) is 1. The Hall–Kier alpha value is -3.91. The number of aromatic nitrogens is 3. The van der Waals surface area contributed by atoms with Gasteiger partial charge in [-0.05, 0) is 12.8 Å². The average molecular weight is 558 g/mol. The molecule has 3 fully saturated rings. The molecule has 3 N–H and O–H groups in total. The maximum Gasteiger partial charge on any atom is 0.263 e. The first kappa shape index (κ1) is 27.6. The lowest BCUT2D eigenvalue weighted by molar-refractivity contribution is -0.141. The monoisotopic (exact) mass is 557 g/mol. The molecule has 2 amide bonds. The molecule has 214 valence electrons. The fourth-order valence-electron chi connectivity index (χ4n) is 5.45. The van der Waals surface area contributed by atoms with Gasteiger partial charge in [0.05, 0.1) is 43.0 Å². The van der Waals surface area contributed by atoms with Crippen molar-refractivity contribution < 1.29 is 23.1 Å². The van der Waals surface area contributed by atoms with Crippen molar-refractivity contribution in [2.24, 2.45) is 10.9 Å². The van der Waals surface area contributed by atoms with E-state index in [4.69, 9.17) is 10.5 Å². The van der Waals surface area contributed by atoms with E-state index >= 15 is 0 Å². The standard InChI is InChI=1S/C26H33F2N9O3/c1-16(27)22(20(12-30-2)32-25(38)21-23(29)33-37-13-18(28)11-31-24(21)37)35-5-3-17(4-6-35)26(39)36-9-7-34(8-10-36)19-14-40-15-19/h11-13,17,19H,1,3-10,14-15H2,2H3,(H2,29,33)(H,32,38)/b22-20-,30-12-. The van der Waals surface area contributed by atoms with Crippen molar-refractivity contribution in [3.05, 3.63) is 47.6 Å². The number of piperidine rings is 1. The molecule has 0 radical (unpaired) electrons. The van der Waals surface area contributed by atoms with Gasteiger partial charge in [0, 0.05) is 58.4 Å². The van der Waals surface area contributed by atoms with Crippen LogP contribution in [0.15, 0.2) is 41.2 Å². The summed E-state index contributed by atoms with van der Waals surface area (Å²) in [7, 11) is 1.49. The number of hydrogen-bond donors (Lipinski definition) is 2. The van der Waals surface area contributed by atoms with Crippen LogP contribution in [0.25, 0.3) is 5.65 Å². The molecule has 0 saturated carbocycles. The zero-order chi connectivity index (χ0) is 28.4. The number of nitrogens with one attached hydrogen (secondary N) is 1. The normalized spacial score (nSPS) is 20.1. The first-order chi connectivity index (χ1) is 19.3. The number of carbonyl (C=O) groups is 2. The van der Waals surface area contributed by atoms with E-state index in [2.05, 4.69) is 31.9 Å². The SMILES string of the molecule is C=C(F)/C(=C(\C=N/C)NC(=O)c1c(N)nn2cc(F)cnc12)N1CCC(C(=O)N2CCN(C3COC3)CC2)CC1. The summed E-state index contributed by atoms with van der Waals surface area (Å²) in [5.41, 5.74) is 6.02. The molecule has 3 aliphatic rings. The number of nitrogens with two attached hydrogens (primary N) is 1. The minimum absolute atomic E-state index is 0.0472. The first-order valence-corrected chi connectivity index (χ1v) is 13.2. The lowest BCUT2D eigenvalue weighted by atomic mass is 9.94. The average Bonchev–Trinajstić information content (AvgIpc) is 3.23. The Morgan fingerprint density at radius 1 is 1.18 bits per heavy atom. The van der Waals surface area contributed by atoms with Crippen LogP contribution in [0.5, 0.6) is 0 Å². The molecule has 0 aromatic carbocycles. The number of allylic oxidation sites excluding steroid dienone is 2. The third-order valence-electron chi connectivity index (χ3n) is 7.64. The van der Waals surface area contributed by atoms with Gasteiger partial charge in [0.1, 0.15) is 11.4 Å². The van der Waals surface area contributed by atoms with Gasteiger partial charge < -0.3 is 25.6 Å². The van der Waals surface area contributed by atoms with E-state index in [1.54, 1.807) is 4.90 Å². The van der Waals surface area contributed by atoms with Crippen LogP contribution in [0, 0.1) is 11.7 Å². The zero-order valence-electron chi connectivity index (χ0n) is 22.4. The predicted molar refractivity (Wildman–Crippen MR) is 144 cm³/mol. The second kappa shape index (κ2) is 11.7. The second-order valence-corrected chi connectivity index (χ2v) is 10.1. The van der Waals surface area contributed by atoms with Crippen molar-refractivity contribution in [1.82, 2.24) is 34.6 Å². The minimum atomic E-state index is -0.760. The topological polar surface area (TPSA) is 134 Å². The molecule has 5 rings (SSSR count). The number of hydrogen-bond acceptors (Lipinski definition) is 9. The Morgan fingerprint density at radius 2 is 1.88 bits per heavy atom. The van der Waals surface area contributed by atoms with Gasteiger partial charge in [0.25, 0.3) is 5.91 Å². The molecule has 3 aliphatic heterocycles. The molecule has 14 heteroatoms. The van der Waals surface area contributed by atoms with Crippen LogP contribution in [-0.4, -0.2) is 113 Å². The summed E-state index contributed by atoms with van der Waals surface area (Å²) in [5, 5.41) is 6.58. The Bertz CT molecular complexity index is 1350. The largest absolute Gasteiger partial charge is 0.381 e. The van der Waals surface area contributed by atoms with Crippen LogP contribution in [0.3, 0.4) is 0 Å². The zero-order valence-corrected chi connectivity index (χ0v) is 22.4. The number of carbonyl (C=O) groups excluding carboxylic acids is 2. The Labute approximate surface area is 230 Å². The molecule has 0 unspecified atom stereocenters. The van der Waals surface area contributed by atoms with Gasteiger partial charge in [-0.2, -0.15) is 0 Å². The molecular weight excluding hydrogens is 524 g/mol. The van der Waals surface area contributed by atoms with Crippen molar-refractivity contribution in [1.29, 1.82) is 0 Å². The van der Waals surface area contributed by atoms with Crippen LogP contribution in [-0.2, 0) is 9.53 Å². The quantitative estimate of drug-likeness (QED) is 0.378. The van der Waals surface area contributed by atoms with Gasteiger partial charge in [0.15, 0.2) is 17.3 Å². The Morgan fingerprint density at radius 3 is 2.48 bits per heavy atom. The maximum atomic E-state index is 14.9. The van der Waals surface area contributed by atoms with E-state index in [9.17, 15) is 18.4 Å². The third kappa shape index (κ3) is 5.54. The van der Waals surface area contributed by atoms with Crippen molar-refractivity contribution in [2.75, 3.05) is 65.3 Å². The number of nitrogens with zero attached hydrogens (tertiary/aromatic N) is 7. The highest BCUT2D eigenvalue weighted by molar-refractivity contribution is 6.07. The lowest BCUT2D eigenvalue weighted by Gasteiger charge is -2.43. The molecule has 0 atom stereocenters. The van der Waals surface area contributed by atoms with Crippen LogP contribution in [0.1, 0.15) is 23.2 Å². The van der Waals surface area contributed by atoms with E-state index in [1.165, 1.54) is 13.3 Å². The predicted octanol–water partition coefficient (Wildman–Crippen LogP) is 0.831. The molecule has 0 aliphatic carbocycles. The van der Waals surface area contributed by atoms with Crippen LogP contribution in [0.2, 0.25) is 0 Å². The smallest absolute Gasteiger partial charge is 0.263 e. The highest BCUT2D eigenvalue weighted by Gasteiger charge is 2.35. The fourth-order valence-corrected chi connectivity index (χ4v) is 5.45. The molecular formula is C26H33F2N9O3. The van der Waals surface area contributed by atoms with E-state index in [1.807, 2.05) is 4.90 Å². The van der Waals surface area contributed by atoms with Crippen molar-refractivity contribution in [3.63, 3.8) is 0 Å². The number of ether oxygens (including phenoxy) is 1. The number of rotatable bonds is 7. The van der Waals surface area contributed by atoms with Gasteiger partial charge >= 0.3 is 0 Å². The number of aliphatic imine (C=N–C) groups is 1. The highest BCUT2D eigenvalue weighted by atomic mass is 19.1. The van der Waals surface area contributed by atoms with E-state index in [0.717, 1.165) is 43.2 Å². The van der Waals surface area contributed by atoms with Crippen molar-refractivity contribution in [3.8, 4) is 0 Å². The van der Waals surface area contributed by atoms with Crippen LogP contribution >= 0.6 is 0 Å². The molecule has 40 heavy (non-hydrogen) atoms. The molecule has 0 bridgehead atoms. The number of piperazine rings is 1. The number of halogens is 2. The molecule has 2 aromatic heterocycles. The van der Waals surface area contributed by atoms with Gasteiger partial charge in [-0.1, -0.05) is 6.58 Å². The summed E-state index contributed by atoms with van der Waals surface area (Å²) >= 11 is 0. The van der Waals surface area contributed by atoms with E-state index in [0.29, 0.717) is 45.1 Å². The molecule has 12 nitrogen and oxygen atoms in total. The van der Waals surface area contributed by atoms with Crippen molar-refractivity contribution in [2.45, 2.75) is 18.9 Å². The lowest BCUT2D eigenvalue weighted by Crippen LogP contribution is -2.58. The summed E-state index contributed by atoms with van der Waals surface area (Å²) in [5.74, 6) is -2.31. The van der Waals surface area contributed by atoms with Gasteiger partial charge in [0.2, 0.25) is 5.91 Å². The van der Waals surface area contributed by atoms with E-state index in [-0.39, 0.29) is 40.2 Å². The molecule has 3 saturated heterocycles. The highest BCUT2D eigenvalue weighted by Crippen LogP contribution is 2.28. The summed E-state index contributed by atoms with van der Waals surface area (Å²) < 4.78 is 34.8. The third-order valence-corrected chi connectivity index (χ3v) is 7.64. The summed E-state index contributed by atoms with van der Waals surface area (Å²) in [4.78, 5) is 40.4. The fraction of sp³-hybridized carbons (Fsp3) is 0.500. The molecule has 0 spiro atoms. The van der Waals surface area contributed by atoms with E-state index < -0.39 is 17.6 Å². The van der Waals surface area contributed by atoms with Gasteiger partial charge in [-0.3, -0.25) is 19.5 Å². The molecule has 2 aromatic rings. The first-order valence-electron chi connectivity index (χ1n) is 13.2. The Balaban J connectivity index is 1.27. The summed E-state index contributed by atoms with van der Waals surface area (Å²) in [6, 6.07) is 0.462. The summed E-state index contributed by atoms with van der Waals surface area (Å²) in [6.07, 6.45) is 4.38. The molecule has 5 heterocycles. The van der Waals surface area contributed by atoms with Crippen molar-refractivity contribution >= 4 is 29.5 Å². The second-order valence-electron chi connectivity index (χ2n) is 10.1. The summed E-state index contributed by atoms with van der Waals surface area (Å²) in [6.45, 7) is 8.86. The minimum Gasteiger partial charge on any atom is -0.381 e. The number of anilines is 1. The van der Waals surface area contributed by atoms with Gasteiger partial charge in [-0.15, -0.1) is 5.10 Å². The number of amides is 2. The number of fused-ring (bicyclic) bond motifs is 1. The Kier molecular flexibility index (Phi) is 8.07. The van der Waals surface area contributed by atoms with Crippen LogP contribution < -0.4 is 11.1 Å². The van der Waals surface area contributed by atoms with Gasteiger partial charge in [-0.25, -0.2) is 18.3 Å².